The Kier molecular flexibility index (Phi) is 4.49. The van der Waals surface area contributed by atoms with E-state index in [-0.39, 0.29) is 0 Å². The van der Waals surface area contributed by atoms with Crippen molar-refractivity contribution < 1.29 is 13.6 Å². The normalized spacial score (nSPS) is 14.4. The minimum Gasteiger partial charge on any atom is -0.352 e. The van der Waals surface area contributed by atoms with Gasteiger partial charge < -0.3 is 9.80 Å². The van der Waals surface area contributed by atoms with Gasteiger partial charge in [-0.3, -0.25) is 4.79 Å². The van der Waals surface area contributed by atoms with Crippen molar-refractivity contribution in [3.8, 4) is 5.82 Å². The molecule has 0 radical (unpaired) electrons. The second-order valence-corrected chi connectivity index (χ2v) is 6.08. The number of rotatable bonds is 3. The SMILES string of the molecule is O=C(c1c(F)cccc1F)N1CCN(c2ccc(-n3cccn3)nn2)CC1. The van der Waals surface area contributed by atoms with Crippen LogP contribution in [0, 0.1) is 11.6 Å². The predicted molar refractivity (Wildman–Crippen MR) is 93.6 cm³/mol. The van der Waals surface area contributed by atoms with Crippen LogP contribution in [0.5, 0.6) is 0 Å². The van der Waals surface area contributed by atoms with Crippen molar-refractivity contribution >= 4 is 11.7 Å². The Hall–Kier alpha value is -3.36. The molecule has 27 heavy (non-hydrogen) atoms. The molecule has 0 aliphatic carbocycles. The monoisotopic (exact) mass is 370 g/mol. The Morgan fingerprint density at radius 3 is 2.15 bits per heavy atom. The van der Waals surface area contributed by atoms with Crippen LogP contribution >= 0.6 is 0 Å². The zero-order valence-corrected chi connectivity index (χ0v) is 14.3. The van der Waals surface area contributed by atoms with Crippen LogP contribution in [0.25, 0.3) is 5.82 Å². The summed E-state index contributed by atoms with van der Waals surface area (Å²) in [6.07, 6.45) is 3.43. The number of halogens is 2. The smallest absolute Gasteiger partial charge is 0.259 e. The van der Waals surface area contributed by atoms with Gasteiger partial charge in [-0.05, 0) is 30.3 Å². The molecule has 0 saturated carbocycles. The maximum atomic E-state index is 13.8. The average molecular weight is 370 g/mol. The molecule has 2 aromatic heterocycles. The molecule has 1 fully saturated rings. The first kappa shape index (κ1) is 17.1. The van der Waals surface area contributed by atoms with E-state index in [0.717, 1.165) is 12.1 Å². The van der Waals surface area contributed by atoms with Gasteiger partial charge in [0.1, 0.15) is 17.2 Å². The number of carbonyl (C=O) groups is 1. The molecule has 0 bridgehead atoms. The van der Waals surface area contributed by atoms with Gasteiger partial charge in [-0.15, -0.1) is 10.2 Å². The van der Waals surface area contributed by atoms with E-state index in [1.807, 2.05) is 17.0 Å². The van der Waals surface area contributed by atoms with Crippen molar-refractivity contribution in [2.75, 3.05) is 31.1 Å². The van der Waals surface area contributed by atoms with E-state index in [0.29, 0.717) is 37.8 Å². The Balaban J connectivity index is 1.42. The molecule has 1 saturated heterocycles. The third kappa shape index (κ3) is 3.35. The van der Waals surface area contributed by atoms with E-state index in [4.69, 9.17) is 0 Å². The largest absolute Gasteiger partial charge is 0.352 e. The van der Waals surface area contributed by atoms with Crippen molar-refractivity contribution in [1.82, 2.24) is 24.9 Å². The van der Waals surface area contributed by atoms with Gasteiger partial charge >= 0.3 is 0 Å². The summed E-state index contributed by atoms with van der Waals surface area (Å²) < 4.78 is 29.3. The van der Waals surface area contributed by atoms with Crippen molar-refractivity contribution in [2.45, 2.75) is 0 Å². The van der Waals surface area contributed by atoms with Crippen molar-refractivity contribution in [1.29, 1.82) is 0 Å². The van der Waals surface area contributed by atoms with Crippen LogP contribution in [0.2, 0.25) is 0 Å². The third-order valence-electron chi connectivity index (χ3n) is 4.44. The highest BCUT2D eigenvalue weighted by molar-refractivity contribution is 5.95. The zero-order chi connectivity index (χ0) is 18.8. The molecule has 3 heterocycles. The lowest BCUT2D eigenvalue weighted by Crippen LogP contribution is -2.49. The quantitative estimate of drug-likeness (QED) is 0.705. The molecule has 0 N–H and O–H groups in total. The van der Waals surface area contributed by atoms with E-state index in [1.54, 1.807) is 23.1 Å². The Morgan fingerprint density at radius 1 is 0.889 bits per heavy atom. The molecule has 7 nitrogen and oxygen atoms in total. The topological polar surface area (TPSA) is 67.2 Å². The Morgan fingerprint density at radius 2 is 1.56 bits per heavy atom. The van der Waals surface area contributed by atoms with Gasteiger partial charge in [0.25, 0.3) is 5.91 Å². The molecule has 4 rings (SSSR count). The van der Waals surface area contributed by atoms with Crippen LogP contribution < -0.4 is 4.90 Å². The van der Waals surface area contributed by atoms with Gasteiger partial charge in [0.2, 0.25) is 0 Å². The van der Waals surface area contributed by atoms with E-state index < -0.39 is 23.1 Å². The van der Waals surface area contributed by atoms with Gasteiger partial charge in [-0.25, -0.2) is 13.5 Å². The summed E-state index contributed by atoms with van der Waals surface area (Å²) in [7, 11) is 0. The van der Waals surface area contributed by atoms with Gasteiger partial charge in [0.05, 0.1) is 0 Å². The second kappa shape index (κ2) is 7.10. The fraction of sp³-hybridized carbons (Fsp3) is 0.222. The lowest BCUT2D eigenvalue weighted by atomic mass is 10.1. The number of hydrogen-bond acceptors (Lipinski definition) is 5. The molecule has 0 spiro atoms. The minimum atomic E-state index is -0.845. The number of carbonyl (C=O) groups excluding carboxylic acids is 1. The summed E-state index contributed by atoms with van der Waals surface area (Å²) in [5.41, 5.74) is -0.505. The molecule has 1 aliphatic heterocycles. The molecule has 1 aliphatic rings. The first-order chi connectivity index (χ1) is 13.1. The van der Waals surface area contributed by atoms with Crippen molar-refractivity contribution in [2.24, 2.45) is 0 Å². The molecule has 1 amide bonds. The molecular weight excluding hydrogens is 354 g/mol. The number of piperazine rings is 1. The van der Waals surface area contributed by atoms with Crippen LogP contribution in [-0.2, 0) is 0 Å². The molecular formula is C18H16F2N6O. The average Bonchev–Trinajstić information content (AvgIpc) is 3.23. The van der Waals surface area contributed by atoms with Crippen LogP contribution in [0.15, 0.2) is 48.8 Å². The lowest BCUT2D eigenvalue weighted by molar-refractivity contribution is 0.0736. The predicted octanol–water partition coefficient (Wildman–Crippen LogP) is 1.90. The number of anilines is 1. The molecule has 3 aromatic rings. The molecule has 138 valence electrons. The van der Waals surface area contributed by atoms with Crippen molar-refractivity contribution in [3.63, 3.8) is 0 Å². The van der Waals surface area contributed by atoms with Gasteiger partial charge in [0, 0.05) is 38.6 Å². The van der Waals surface area contributed by atoms with Gasteiger partial charge in [0.15, 0.2) is 11.6 Å². The Bertz CT molecular complexity index is 917. The van der Waals surface area contributed by atoms with Crippen LogP contribution in [0.3, 0.4) is 0 Å². The molecule has 0 atom stereocenters. The van der Waals surface area contributed by atoms with Crippen molar-refractivity contribution in [3.05, 3.63) is 66.0 Å². The molecule has 1 aromatic carbocycles. The summed E-state index contributed by atoms with van der Waals surface area (Å²) in [5.74, 6) is -1.04. The fourth-order valence-corrected chi connectivity index (χ4v) is 3.01. The number of nitrogens with zero attached hydrogens (tertiary/aromatic N) is 6. The summed E-state index contributed by atoms with van der Waals surface area (Å²) in [6, 6.07) is 8.85. The Labute approximate surface area is 153 Å². The van der Waals surface area contributed by atoms with Gasteiger partial charge in [-0.2, -0.15) is 5.10 Å². The van der Waals surface area contributed by atoms with E-state index in [1.165, 1.54) is 11.0 Å². The highest BCUT2D eigenvalue weighted by Crippen LogP contribution is 2.18. The number of hydrogen-bond donors (Lipinski definition) is 0. The first-order valence-corrected chi connectivity index (χ1v) is 8.45. The van der Waals surface area contributed by atoms with Crippen LogP contribution in [0.4, 0.5) is 14.6 Å². The molecule has 0 unspecified atom stereocenters. The van der Waals surface area contributed by atoms with E-state index >= 15 is 0 Å². The first-order valence-electron chi connectivity index (χ1n) is 8.45. The molecule has 9 heteroatoms. The van der Waals surface area contributed by atoms with Gasteiger partial charge in [-0.1, -0.05) is 6.07 Å². The van der Waals surface area contributed by atoms with Crippen LogP contribution in [0.1, 0.15) is 10.4 Å². The van der Waals surface area contributed by atoms with E-state index in [2.05, 4.69) is 15.3 Å². The standard InChI is InChI=1S/C18H16F2N6O/c19-13-3-1-4-14(20)17(13)18(27)25-11-9-24(10-12-25)15-5-6-16(23-22-15)26-8-2-7-21-26/h1-8H,9-12H2. The summed E-state index contributed by atoms with van der Waals surface area (Å²) in [4.78, 5) is 15.9. The lowest BCUT2D eigenvalue weighted by Gasteiger charge is -2.35. The third-order valence-corrected chi connectivity index (χ3v) is 4.44. The second-order valence-electron chi connectivity index (χ2n) is 6.08. The number of amides is 1. The summed E-state index contributed by atoms with van der Waals surface area (Å²) in [5, 5.41) is 12.5. The maximum Gasteiger partial charge on any atom is 0.259 e. The summed E-state index contributed by atoms with van der Waals surface area (Å²) >= 11 is 0. The highest BCUT2D eigenvalue weighted by Gasteiger charge is 2.27. The highest BCUT2D eigenvalue weighted by atomic mass is 19.1. The zero-order valence-electron chi connectivity index (χ0n) is 14.3. The van der Waals surface area contributed by atoms with Crippen LogP contribution in [-0.4, -0.2) is 57.0 Å². The number of benzene rings is 1. The van der Waals surface area contributed by atoms with E-state index in [9.17, 15) is 13.6 Å². The fourth-order valence-electron chi connectivity index (χ4n) is 3.01. The summed E-state index contributed by atoms with van der Waals surface area (Å²) in [6.45, 7) is 1.68. The number of aromatic nitrogens is 4. The maximum absolute atomic E-state index is 13.8. The minimum absolute atomic E-state index is 0.342.